The molecule has 0 unspecified atom stereocenters. The van der Waals surface area contributed by atoms with Crippen molar-refractivity contribution >= 4 is 58.1 Å². The van der Waals surface area contributed by atoms with E-state index in [2.05, 4.69) is 25.9 Å². The number of benzene rings is 1. The highest BCUT2D eigenvalue weighted by molar-refractivity contribution is 6.33. The normalized spacial score (nSPS) is 17.0. The van der Waals surface area contributed by atoms with Gasteiger partial charge in [0.15, 0.2) is 11.3 Å². The number of anilines is 3. The zero-order valence-corrected chi connectivity index (χ0v) is 17.8. The van der Waals surface area contributed by atoms with Crippen molar-refractivity contribution in [1.29, 1.82) is 0 Å². The van der Waals surface area contributed by atoms with Gasteiger partial charge in [-0.25, -0.2) is 9.83 Å². The van der Waals surface area contributed by atoms with E-state index in [1.54, 1.807) is 35.0 Å². The van der Waals surface area contributed by atoms with Gasteiger partial charge in [-0.05, 0) is 38.0 Å². The van der Waals surface area contributed by atoms with E-state index in [4.69, 9.17) is 23.2 Å². The lowest BCUT2D eigenvalue weighted by Crippen LogP contribution is -2.19. The Balaban J connectivity index is 1.62. The third kappa shape index (κ3) is 3.65. The topological polar surface area (TPSA) is 105 Å². The molecule has 2 amide bonds. The number of carbonyl (C=O) groups excluding carboxylic acids is 2. The molecule has 2 aliphatic rings. The maximum atomic E-state index is 12.0. The molecule has 10 heteroatoms. The first-order valence-corrected chi connectivity index (χ1v) is 10.4. The first-order valence-electron chi connectivity index (χ1n) is 10.1. The number of carbonyl (C=O) groups is 2. The van der Waals surface area contributed by atoms with E-state index < -0.39 is 5.91 Å². The monoisotopic (exact) mass is 447 g/mol. The standard InChI is InChI=1S/C22H18ClN7O2/c1-11-19(27-17-6-5-15(24-2)9-16(17)23)29-21-13(7-12-8-18(31)28-22(12)32)10-25-30(21)20(11)26-14-3-4-14/h5-7,9-10,14,26H,3-4,8H2,1H3,(H,27,29)(H,28,31,32)/b12-7-. The average molecular weight is 448 g/mol. The summed E-state index contributed by atoms with van der Waals surface area (Å²) < 4.78 is 1.71. The molecule has 1 saturated heterocycles. The van der Waals surface area contributed by atoms with Gasteiger partial charge >= 0.3 is 0 Å². The summed E-state index contributed by atoms with van der Waals surface area (Å²) in [4.78, 5) is 31.7. The minimum absolute atomic E-state index is 0.0311. The van der Waals surface area contributed by atoms with Gasteiger partial charge in [0, 0.05) is 22.7 Å². The van der Waals surface area contributed by atoms with Gasteiger partial charge in [0.2, 0.25) is 5.91 Å². The second-order valence-corrected chi connectivity index (χ2v) is 8.22. The fourth-order valence-corrected chi connectivity index (χ4v) is 3.74. The Kier molecular flexibility index (Phi) is 4.79. The highest BCUT2D eigenvalue weighted by atomic mass is 35.5. The Morgan fingerprint density at radius 2 is 2.16 bits per heavy atom. The first kappa shape index (κ1) is 20.0. The van der Waals surface area contributed by atoms with Gasteiger partial charge in [-0.15, -0.1) is 0 Å². The van der Waals surface area contributed by atoms with Gasteiger partial charge < -0.3 is 10.6 Å². The van der Waals surface area contributed by atoms with Gasteiger partial charge in [-0.3, -0.25) is 14.9 Å². The lowest BCUT2D eigenvalue weighted by Gasteiger charge is -2.16. The van der Waals surface area contributed by atoms with Gasteiger partial charge in [0.25, 0.3) is 5.91 Å². The summed E-state index contributed by atoms with van der Waals surface area (Å²) in [6.07, 6.45) is 5.47. The maximum absolute atomic E-state index is 12.0. The molecule has 1 aliphatic carbocycles. The summed E-state index contributed by atoms with van der Waals surface area (Å²) in [7, 11) is 0. The molecule has 0 spiro atoms. The number of amides is 2. The van der Waals surface area contributed by atoms with Crippen LogP contribution in [0.1, 0.15) is 30.4 Å². The number of halogens is 1. The van der Waals surface area contributed by atoms with E-state index in [0.717, 1.165) is 24.2 Å². The fraction of sp³-hybridized carbons (Fsp3) is 0.227. The van der Waals surface area contributed by atoms with Crippen molar-refractivity contribution in [3.63, 3.8) is 0 Å². The lowest BCUT2D eigenvalue weighted by atomic mass is 10.1. The number of imide groups is 1. The zero-order valence-electron chi connectivity index (χ0n) is 17.1. The van der Waals surface area contributed by atoms with Crippen molar-refractivity contribution < 1.29 is 9.59 Å². The zero-order chi connectivity index (χ0) is 22.4. The van der Waals surface area contributed by atoms with Crippen molar-refractivity contribution in [2.45, 2.75) is 32.2 Å². The molecule has 3 N–H and O–H groups in total. The average Bonchev–Trinajstić information content (AvgIpc) is 3.42. The molecule has 9 nitrogen and oxygen atoms in total. The second kappa shape index (κ2) is 7.66. The predicted molar refractivity (Wildman–Crippen MR) is 121 cm³/mol. The Labute approximate surface area is 188 Å². The van der Waals surface area contributed by atoms with E-state index in [0.29, 0.717) is 45.0 Å². The van der Waals surface area contributed by atoms with Gasteiger partial charge in [0.1, 0.15) is 11.6 Å². The number of fused-ring (bicyclic) bond motifs is 1. The number of hydrogen-bond acceptors (Lipinski definition) is 6. The lowest BCUT2D eigenvalue weighted by molar-refractivity contribution is -0.124. The van der Waals surface area contributed by atoms with Crippen LogP contribution in [0.15, 0.2) is 30.0 Å². The van der Waals surface area contributed by atoms with Gasteiger partial charge in [-0.2, -0.15) is 9.61 Å². The Morgan fingerprint density at radius 1 is 1.34 bits per heavy atom. The van der Waals surface area contributed by atoms with E-state index in [1.165, 1.54) is 0 Å². The molecule has 32 heavy (non-hydrogen) atoms. The van der Waals surface area contributed by atoms with Crippen molar-refractivity contribution in [2.75, 3.05) is 10.6 Å². The van der Waals surface area contributed by atoms with E-state index in [9.17, 15) is 9.59 Å². The summed E-state index contributed by atoms with van der Waals surface area (Å²) in [5.41, 5.74) is 3.46. The number of nitrogens with zero attached hydrogens (tertiary/aromatic N) is 4. The molecule has 0 atom stereocenters. The van der Waals surface area contributed by atoms with Gasteiger partial charge in [0.05, 0.1) is 29.9 Å². The molecule has 1 saturated carbocycles. The first-order chi connectivity index (χ1) is 15.4. The largest absolute Gasteiger partial charge is 0.367 e. The van der Waals surface area contributed by atoms with Crippen LogP contribution >= 0.6 is 11.6 Å². The molecular formula is C22H18ClN7O2. The summed E-state index contributed by atoms with van der Waals surface area (Å²) in [6.45, 7) is 9.08. The van der Waals surface area contributed by atoms with Crippen LogP contribution in [0.3, 0.4) is 0 Å². The molecule has 0 radical (unpaired) electrons. The quantitative estimate of drug-likeness (QED) is 0.310. The third-order valence-corrected chi connectivity index (χ3v) is 5.70. The molecule has 5 rings (SSSR count). The molecule has 2 fully saturated rings. The SMILES string of the molecule is [C-]#[N+]c1ccc(Nc2nc3c(/C=C4/CC(=O)NC4=O)cnn3c(NC3CC3)c2C)c(Cl)c1. The molecule has 160 valence electrons. The maximum Gasteiger partial charge on any atom is 0.254 e. The summed E-state index contributed by atoms with van der Waals surface area (Å²) >= 11 is 6.36. The van der Waals surface area contributed by atoms with Crippen LogP contribution < -0.4 is 16.0 Å². The van der Waals surface area contributed by atoms with Crippen molar-refractivity contribution in [3.8, 4) is 0 Å². The molecule has 1 aliphatic heterocycles. The molecule has 1 aromatic carbocycles. The van der Waals surface area contributed by atoms with Gasteiger partial charge in [-0.1, -0.05) is 17.7 Å². The summed E-state index contributed by atoms with van der Waals surface area (Å²) in [5, 5.41) is 13.9. The van der Waals surface area contributed by atoms with Crippen LogP contribution in [0, 0.1) is 13.5 Å². The predicted octanol–water partition coefficient (Wildman–Crippen LogP) is 3.99. The third-order valence-electron chi connectivity index (χ3n) is 5.39. The van der Waals surface area contributed by atoms with Crippen LogP contribution in [0.4, 0.5) is 23.0 Å². The van der Waals surface area contributed by atoms with Crippen LogP contribution in [-0.2, 0) is 9.59 Å². The minimum atomic E-state index is -0.400. The Bertz CT molecular complexity index is 1360. The van der Waals surface area contributed by atoms with Crippen LogP contribution in [-0.4, -0.2) is 32.5 Å². The Morgan fingerprint density at radius 3 is 2.81 bits per heavy atom. The van der Waals surface area contributed by atoms with Crippen molar-refractivity contribution in [1.82, 2.24) is 19.9 Å². The number of aromatic nitrogens is 3. The second-order valence-electron chi connectivity index (χ2n) is 7.81. The highest BCUT2D eigenvalue weighted by Crippen LogP contribution is 2.34. The number of hydrogen-bond donors (Lipinski definition) is 3. The van der Waals surface area contributed by atoms with Crippen molar-refractivity contribution in [2.24, 2.45) is 0 Å². The molecule has 0 bridgehead atoms. The summed E-state index contributed by atoms with van der Waals surface area (Å²) in [5.74, 6) is 0.649. The number of rotatable bonds is 5. The van der Waals surface area contributed by atoms with E-state index in [-0.39, 0.29) is 12.3 Å². The fourth-order valence-electron chi connectivity index (χ4n) is 3.52. The van der Waals surface area contributed by atoms with E-state index in [1.807, 2.05) is 6.92 Å². The smallest absolute Gasteiger partial charge is 0.254 e. The molecular weight excluding hydrogens is 430 g/mol. The number of nitrogens with one attached hydrogen (secondary N) is 3. The van der Waals surface area contributed by atoms with Crippen LogP contribution in [0.25, 0.3) is 16.6 Å². The molecule has 3 aromatic rings. The van der Waals surface area contributed by atoms with Crippen molar-refractivity contribution in [3.05, 3.63) is 57.5 Å². The van der Waals surface area contributed by atoms with Crippen LogP contribution in [0.2, 0.25) is 5.02 Å². The molecule has 2 aromatic heterocycles. The summed E-state index contributed by atoms with van der Waals surface area (Å²) in [6, 6.07) is 5.39. The van der Waals surface area contributed by atoms with E-state index >= 15 is 0 Å². The Hall–Kier alpha value is -3.90. The molecule has 3 heterocycles. The minimum Gasteiger partial charge on any atom is -0.367 e. The van der Waals surface area contributed by atoms with Crippen LogP contribution in [0.5, 0.6) is 0 Å². The highest BCUT2D eigenvalue weighted by Gasteiger charge is 2.27.